The highest BCUT2D eigenvalue weighted by molar-refractivity contribution is 7.99. The van der Waals surface area contributed by atoms with Gasteiger partial charge in [-0.1, -0.05) is 51.6 Å². The van der Waals surface area contributed by atoms with Crippen molar-refractivity contribution < 1.29 is 9.53 Å². The molecule has 0 saturated carbocycles. The molecule has 1 aromatic heterocycles. The van der Waals surface area contributed by atoms with E-state index in [-0.39, 0.29) is 16.8 Å². The highest BCUT2D eigenvalue weighted by Gasteiger charge is 2.42. The molecule has 1 aliphatic carbocycles. The average Bonchev–Trinajstić information content (AvgIpc) is 2.70. The zero-order valence-electron chi connectivity index (χ0n) is 19.4. The van der Waals surface area contributed by atoms with Gasteiger partial charge in [-0.3, -0.25) is 9.59 Å². The van der Waals surface area contributed by atoms with Crippen LogP contribution in [-0.2, 0) is 4.79 Å². The maximum absolute atomic E-state index is 13.3. The van der Waals surface area contributed by atoms with E-state index in [2.05, 4.69) is 38.0 Å². The molecular weight excluding hydrogens is 422 g/mol. The molecule has 0 bridgehead atoms. The van der Waals surface area contributed by atoms with Crippen molar-refractivity contribution >= 4 is 23.4 Å². The van der Waals surface area contributed by atoms with E-state index in [0.29, 0.717) is 41.1 Å². The van der Waals surface area contributed by atoms with E-state index in [1.165, 1.54) is 0 Å². The van der Waals surface area contributed by atoms with Gasteiger partial charge in [-0.15, -0.1) is 0 Å². The predicted molar refractivity (Wildman–Crippen MR) is 129 cm³/mol. The number of hydrogen-bond acceptors (Lipinski definition) is 6. The Morgan fingerprint density at radius 3 is 2.56 bits per heavy atom. The van der Waals surface area contributed by atoms with Crippen LogP contribution in [0, 0.1) is 11.3 Å². The summed E-state index contributed by atoms with van der Waals surface area (Å²) in [6, 6.07) is 7.69. The first kappa shape index (κ1) is 22.6. The van der Waals surface area contributed by atoms with E-state index in [1.54, 1.807) is 11.8 Å². The summed E-state index contributed by atoms with van der Waals surface area (Å²) in [5.74, 6) is 2.32. The highest BCUT2D eigenvalue weighted by Crippen LogP contribution is 2.47. The third-order valence-corrected chi connectivity index (χ3v) is 7.08. The van der Waals surface area contributed by atoms with Crippen molar-refractivity contribution in [1.82, 2.24) is 9.97 Å². The fraction of sp³-hybridized carbons (Fsp3) is 0.480. The number of hydrogen-bond donors (Lipinski definition) is 2. The number of benzene rings is 1. The fourth-order valence-corrected chi connectivity index (χ4v) is 5.28. The molecule has 1 unspecified atom stereocenters. The Hall–Kier alpha value is -2.54. The van der Waals surface area contributed by atoms with Crippen LogP contribution in [0.2, 0.25) is 0 Å². The average molecular weight is 454 g/mol. The van der Waals surface area contributed by atoms with Crippen molar-refractivity contribution in [2.24, 2.45) is 11.3 Å². The number of nitrogens with one attached hydrogen (secondary N) is 2. The van der Waals surface area contributed by atoms with Crippen LogP contribution in [0.4, 0.5) is 5.82 Å². The van der Waals surface area contributed by atoms with Crippen LogP contribution < -0.4 is 15.6 Å². The summed E-state index contributed by atoms with van der Waals surface area (Å²) in [6.07, 6.45) is 1.20. The van der Waals surface area contributed by atoms with Crippen LogP contribution in [0.3, 0.4) is 0 Å². The third-order valence-electron chi connectivity index (χ3n) is 5.78. The van der Waals surface area contributed by atoms with Crippen molar-refractivity contribution in [3.63, 3.8) is 0 Å². The largest absolute Gasteiger partial charge is 0.494 e. The van der Waals surface area contributed by atoms with Gasteiger partial charge in [0.15, 0.2) is 10.9 Å². The first-order valence-electron chi connectivity index (χ1n) is 11.2. The summed E-state index contributed by atoms with van der Waals surface area (Å²) in [5, 5.41) is 3.98. The van der Waals surface area contributed by atoms with Gasteiger partial charge in [-0.2, -0.15) is 0 Å². The number of carbonyl (C=O) groups is 1. The number of rotatable bonds is 6. The van der Waals surface area contributed by atoms with E-state index < -0.39 is 5.92 Å². The van der Waals surface area contributed by atoms with Crippen molar-refractivity contribution in [2.45, 2.75) is 58.5 Å². The van der Waals surface area contributed by atoms with E-state index in [4.69, 9.17) is 9.72 Å². The molecular formula is C25H31N3O3S. The van der Waals surface area contributed by atoms with Gasteiger partial charge < -0.3 is 15.0 Å². The van der Waals surface area contributed by atoms with Crippen molar-refractivity contribution in [1.29, 1.82) is 0 Å². The zero-order valence-corrected chi connectivity index (χ0v) is 20.2. The molecule has 0 amide bonds. The Morgan fingerprint density at radius 1 is 1.19 bits per heavy atom. The third kappa shape index (κ3) is 4.49. The first-order chi connectivity index (χ1) is 15.2. The summed E-state index contributed by atoms with van der Waals surface area (Å²) < 4.78 is 5.58. The smallest absolute Gasteiger partial charge is 0.257 e. The first-order valence-corrected chi connectivity index (χ1v) is 12.2. The molecule has 1 atom stereocenters. The minimum Gasteiger partial charge on any atom is -0.494 e. The number of nitrogens with zero attached hydrogens (tertiary/aromatic N) is 1. The second-order valence-corrected chi connectivity index (χ2v) is 10.7. The zero-order chi connectivity index (χ0) is 23.0. The summed E-state index contributed by atoms with van der Waals surface area (Å²) in [4.78, 5) is 34.3. The summed E-state index contributed by atoms with van der Waals surface area (Å²) >= 11 is 1.54. The number of anilines is 1. The number of aromatic nitrogens is 2. The van der Waals surface area contributed by atoms with Gasteiger partial charge in [-0.25, -0.2) is 4.98 Å². The molecule has 170 valence electrons. The summed E-state index contributed by atoms with van der Waals surface area (Å²) in [5.41, 5.74) is 2.64. The van der Waals surface area contributed by atoms with Crippen LogP contribution >= 0.6 is 11.8 Å². The number of H-pyrrole nitrogens is 1. The molecule has 2 heterocycles. The maximum Gasteiger partial charge on any atom is 0.257 e. The number of Topliss-reactive ketones (excluding diaryl/α,β-unsaturated/α-hetero) is 1. The number of carbonyl (C=O) groups excluding carboxylic acids is 1. The molecule has 2 aliphatic rings. The molecule has 6 nitrogen and oxygen atoms in total. The van der Waals surface area contributed by atoms with Gasteiger partial charge in [0.2, 0.25) is 0 Å². The Balaban J connectivity index is 1.84. The predicted octanol–water partition coefficient (Wildman–Crippen LogP) is 5.12. The van der Waals surface area contributed by atoms with Crippen LogP contribution in [0.1, 0.15) is 64.5 Å². The van der Waals surface area contributed by atoms with Crippen molar-refractivity contribution in [3.8, 4) is 5.75 Å². The minimum absolute atomic E-state index is 0.0888. The van der Waals surface area contributed by atoms with E-state index in [0.717, 1.165) is 29.2 Å². The lowest BCUT2D eigenvalue weighted by Crippen LogP contribution is -2.37. The second-order valence-electron chi connectivity index (χ2n) is 9.73. The quantitative estimate of drug-likeness (QED) is 0.467. The molecule has 0 fully saturated rings. The van der Waals surface area contributed by atoms with Crippen LogP contribution in [0.15, 0.2) is 45.5 Å². The molecule has 1 aliphatic heterocycles. The second kappa shape index (κ2) is 8.77. The van der Waals surface area contributed by atoms with Gasteiger partial charge in [-0.05, 0) is 42.4 Å². The molecule has 32 heavy (non-hydrogen) atoms. The van der Waals surface area contributed by atoms with Crippen LogP contribution in [-0.4, -0.2) is 28.1 Å². The number of fused-ring (bicyclic) bond motifs is 1. The SMILES string of the molecule is CCOc1ccc(C2C3=C(CC(C)(C)CC3=O)Nc3nc(SCC(C)C)[nH]c(=O)c32)cc1. The van der Waals surface area contributed by atoms with Gasteiger partial charge in [0.25, 0.3) is 5.56 Å². The van der Waals surface area contributed by atoms with Gasteiger partial charge in [0, 0.05) is 29.4 Å². The maximum atomic E-state index is 13.3. The summed E-state index contributed by atoms with van der Waals surface area (Å²) in [6.45, 7) is 11.0. The molecule has 4 rings (SSSR count). The minimum atomic E-state index is -0.444. The fourth-order valence-electron chi connectivity index (χ4n) is 4.46. The van der Waals surface area contributed by atoms with Gasteiger partial charge >= 0.3 is 0 Å². The number of thioether (sulfide) groups is 1. The molecule has 0 saturated heterocycles. The van der Waals surface area contributed by atoms with Crippen LogP contribution in [0.25, 0.3) is 0 Å². The summed E-state index contributed by atoms with van der Waals surface area (Å²) in [7, 11) is 0. The number of allylic oxidation sites excluding steroid dienone is 2. The lowest BCUT2D eigenvalue weighted by atomic mass is 9.69. The standard InChI is InChI=1S/C25H31N3O3S/c1-6-31-16-9-7-15(8-10-16)19-20-17(11-25(4,5)12-18(20)29)26-22-21(19)23(30)28-24(27-22)32-13-14(2)3/h7-10,14,19H,6,11-13H2,1-5H3,(H2,26,27,28,30). The molecule has 2 aromatic rings. The lowest BCUT2D eigenvalue weighted by Gasteiger charge is -2.38. The normalized spacial score (nSPS) is 19.4. The molecule has 7 heteroatoms. The van der Waals surface area contributed by atoms with Gasteiger partial charge in [0.1, 0.15) is 11.6 Å². The Bertz CT molecular complexity index is 1120. The van der Waals surface area contributed by atoms with Crippen molar-refractivity contribution in [3.05, 3.63) is 57.0 Å². The molecule has 0 spiro atoms. The van der Waals surface area contributed by atoms with E-state index in [1.807, 2.05) is 31.2 Å². The highest BCUT2D eigenvalue weighted by atomic mass is 32.2. The molecule has 0 radical (unpaired) electrons. The van der Waals surface area contributed by atoms with Crippen molar-refractivity contribution in [2.75, 3.05) is 17.7 Å². The topological polar surface area (TPSA) is 84.1 Å². The van der Waals surface area contributed by atoms with E-state index >= 15 is 0 Å². The van der Waals surface area contributed by atoms with Gasteiger partial charge in [0.05, 0.1) is 12.2 Å². The number of ether oxygens (including phenoxy) is 1. The monoisotopic (exact) mass is 453 g/mol. The Morgan fingerprint density at radius 2 is 1.91 bits per heavy atom. The number of ketones is 1. The van der Waals surface area contributed by atoms with E-state index in [9.17, 15) is 9.59 Å². The lowest BCUT2D eigenvalue weighted by molar-refractivity contribution is -0.118. The van der Waals surface area contributed by atoms with Crippen LogP contribution in [0.5, 0.6) is 5.75 Å². The molecule has 1 aromatic carbocycles. The Kier molecular flexibility index (Phi) is 6.21. The molecule has 2 N–H and O–H groups in total. The number of aromatic amines is 1. The Labute approximate surface area is 193 Å².